The third-order valence-corrected chi connectivity index (χ3v) is 3.52. The zero-order valence-electron chi connectivity index (χ0n) is 10.0. The van der Waals surface area contributed by atoms with E-state index in [0.717, 1.165) is 36.2 Å². The highest BCUT2D eigenvalue weighted by Gasteiger charge is 2.22. The van der Waals surface area contributed by atoms with E-state index in [1.54, 1.807) is 16.8 Å². The molecule has 0 aliphatic heterocycles. The Kier molecular flexibility index (Phi) is 2.86. The minimum atomic E-state index is -1.47. The van der Waals surface area contributed by atoms with Crippen molar-refractivity contribution in [3.8, 4) is 5.69 Å². The van der Waals surface area contributed by atoms with Gasteiger partial charge in [-0.3, -0.25) is 0 Å². The van der Waals surface area contributed by atoms with Crippen LogP contribution in [0.15, 0.2) is 24.4 Å². The molecule has 1 aromatic heterocycles. The maximum atomic E-state index is 13.3. The number of hydrogen-bond acceptors (Lipinski definition) is 1. The third-order valence-electron chi connectivity index (χ3n) is 3.52. The first-order valence-corrected chi connectivity index (χ1v) is 6.11. The lowest BCUT2D eigenvalue weighted by atomic mass is 9.95. The summed E-state index contributed by atoms with van der Waals surface area (Å²) in [4.78, 5) is 0. The van der Waals surface area contributed by atoms with Crippen LogP contribution in [0, 0.1) is 17.5 Å². The van der Waals surface area contributed by atoms with Crippen LogP contribution in [0.25, 0.3) is 5.69 Å². The highest BCUT2D eigenvalue weighted by molar-refractivity contribution is 5.40. The minimum absolute atomic E-state index is 0.228. The molecule has 0 fully saturated rings. The molecule has 2 aromatic rings. The van der Waals surface area contributed by atoms with Gasteiger partial charge in [-0.2, -0.15) is 0 Å². The molecule has 1 heterocycles. The summed E-state index contributed by atoms with van der Waals surface area (Å²) in [6.07, 6.45) is 3.32. The van der Waals surface area contributed by atoms with Gasteiger partial charge in [-0.25, -0.2) is 13.2 Å². The Morgan fingerprint density at radius 3 is 2.53 bits per heavy atom. The summed E-state index contributed by atoms with van der Waals surface area (Å²) >= 11 is 0. The molecule has 0 saturated heterocycles. The van der Waals surface area contributed by atoms with E-state index in [0.29, 0.717) is 6.42 Å². The standard InChI is InChI=1S/C14H12F3NO/c15-10-6-8(7-11(16)14(10)17)18-5-4-9-12(18)2-1-3-13(9)19/h4-7,13,19H,1-3H2. The average Bonchev–Trinajstić information content (AvgIpc) is 2.80. The third kappa shape index (κ3) is 1.94. The fourth-order valence-corrected chi connectivity index (χ4v) is 2.59. The quantitative estimate of drug-likeness (QED) is 0.788. The zero-order valence-corrected chi connectivity index (χ0v) is 10.0. The second-order valence-corrected chi connectivity index (χ2v) is 4.72. The summed E-state index contributed by atoms with van der Waals surface area (Å²) in [5, 5.41) is 9.85. The van der Waals surface area contributed by atoms with Gasteiger partial charge < -0.3 is 9.67 Å². The molecule has 0 saturated carbocycles. The summed E-state index contributed by atoms with van der Waals surface area (Å²) in [5.74, 6) is -3.90. The predicted octanol–water partition coefficient (Wildman–Crippen LogP) is 3.26. The molecular formula is C14H12F3NO. The van der Waals surface area contributed by atoms with Gasteiger partial charge in [0, 0.05) is 29.6 Å². The Hall–Kier alpha value is -1.75. The molecule has 1 aromatic carbocycles. The van der Waals surface area contributed by atoms with E-state index < -0.39 is 23.6 Å². The Balaban J connectivity index is 2.13. The number of nitrogens with zero attached hydrogens (tertiary/aromatic N) is 1. The van der Waals surface area contributed by atoms with Crippen molar-refractivity contribution in [1.82, 2.24) is 4.57 Å². The van der Waals surface area contributed by atoms with Crippen LogP contribution in [0.4, 0.5) is 13.2 Å². The van der Waals surface area contributed by atoms with Gasteiger partial charge in [0.2, 0.25) is 0 Å². The predicted molar refractivity (Wildman–Crippen MR) is 63.5 cm³/mol. The molecule has 3 rings (SSSR count). The van der Waals surface area contributed by atoms with Gasteiger partial charge in [0.1, 0.15) is 0 Å². The highest BCUT2D eigenvalue weighted by atomic mass is 19.2. The molecule has 0 spiro atoms. The summed E-state index contributed by atoms with van der Waals surface area (Å²) < 4.78 is 41.1. The van der Waals surface area contributed by atoms with Crippen molar-refractivity contribution in [3.05, 3.63) is 53.1 Å². The van der Waals surface area contributed by atoms with Crippen molar-refractivity contribution in [2.75, 3.05) is 0 Å². The highest BCUT2D eigenvalue weighted by Crippen LogP contribution is 2.32. The van der Waals surface area contributed by atoms with E-state index in [1.165, 1.54) is 0 Å². The minimum Gasteiger partial charge on any atom is -0.388 e. The van der Waals surface area contributed by atoms with E-state index >= 15 is 0 Å². The van der Waals surface area contributed by atoms with Crippen LogP contribution in [-0.2, 0) is 6.42 Å². The Labute approximate surface area is 108 Å². The first-order valence-electron chi connectivity index (χ1n) is 6.11. The fraction of sp³-hybridized carbons (Fsp3) is 0.286. The second-order valence-electron chi connectivity index (χ2n) is 4.72. The molecule has 0 bridgehead atoms. The van der Waals surface area contributed by atoms with Gasteiger partial charge >= 0.3 is 0 Å². The zero-order chi connectivity index (χ0) is 13.6. The van der Waals surface area contributed by atoms with Gasteiger partial charge in [0.15, 0.2) is 17.5 Å². The van der Waals surface area contributed by atoms with Crippen molar-refractivity contribution in [1.29, 1.82) is 0 Å². The number of aromatic nitrogens is 1. The molecule has 0 radical (unpaired) electrons. The average molecular weight is 267 g/mol. The van der Waals surface area contributed by atoms with Crippen LogP contribution in [-0.4, -0.2) is 9.67 Å². The van der Waals surface area contributed by atoms with Crippen molar-refractivity contribution < 1.29 is 18.3 Å². The Bertz CT molecular complexity index is 613. The van der Waals surface area contributed by atoms with Crippen molar-refractivity contribution in [2.45, 2.75) is 25.4 Å². The molecular weight excluding hydrogens is 255 g/mol. The van der Waals surface area contributed by atoms with E-state index in [9.17, 15) is 18.3 Å². The van der Waals surface area contributed by atoms with Gasteiger partial charge in [0.25, 0.3) is 0 Å². The van der Waals surface area contributed by atoms with E-state index in [1.807, 2.05) is 0 Å². The van der Waals surface area contributed by atoms with Crippen LogP contribution < -0.4 is 0 Å². The summed E-state index contributed by atoms with van der Waals surface area (Å²) in [7, 11) is 0. The normalized spacial score (nSPS) is 18.4. The summed E-state index contributed by atoms with van der Waals surface area (Å²) in [5.41, 5.74) is 1.83. The Morgan fingerprint density at radius 1 is 1.16 bits per heavy atom. The molecule has 1 unspecified atom stereocenters. The topological polar surface area (TPSA) is 25.2 Å². The van der Waals surface area contributed by atoms with E-state index in [2.05, 4.69) is 0 Å². The monoisotopic (exact) mass is 267 g/mol. The summed E-state index contributed by atoms with van der Waals surface area (Å²) in [6.45, 7) is 0. The number of benzene rings is 1. The largest absolute Gasteiger partial charge is 0.388 e. The maximum absolute atomic E-state index is 13.3. The lowest BCUT2D eigenvalue weighted by molar-refractivity contribution is 0.156. The van der Waals surface area contributed by atoms with Crippen LogP contribution in [0.2, 0.25) is 0 Å². The molecule has 5 heteroatoms. The van der Waals surface area contributed by atoms with E-state index in [-0.39, 0.29) is 5.69 Å². The van der Waals surface area contributed by atoms with Crippen LogP contribution in [0.3, 0.4) is 0 Å². The molecule has 19 heavy (non-hydrogen) atoms. The van der Waals surface area contributed by atoms with Crippen LogP contribution in [0.1, 0.15) is 30.2 Å². The Morgan fingerprint density at radius 2 is 1.84 bits per heavy atom. The fourth-order valence-electron chi connectivity index (χ4n) is 2.59. The van der Waals surface area contributed by atoms with Crippen molar-refractivity contribution in [2.24, 2.45) is 0 Å². The van der Waals surface area contributed by atoms with Gasteiger partial charge in [0.05, 0.1) is 11.8 Å². The van der Waals surface area contributed by atoms with Crippen molar-refractivity contribution >= 4 is 0 Å². The lowest BCUT2D eigenvalue weighted by Gasteiger charge is -2.20. The van der Waals surface area contributed by atoms with Gasteiger partial charge in [-0.15, -0.1) is 0 Å². The van der Waals surface area contributed by atoms with Gasteiger partial charge in [-0.05, 0) is 25.3 Å². The van der Waals surface area contributed by atoms with Crippen molar-refractivity contribution in [3.63, 3.8) is 0 Å². The van der Waals surface area contributed by atoms with Crippen LogP contribution >= 0.6 is 0 Å². The second kappa shape index (κ2) is 4.42. The summed E-state index contributed by atoms with van der Waals surface area (Å²) in [6, 6.07) is 3.65. The number of rotatable bonds is 1. The SMILES string of the molecule is OC1CCCc2c1ccn2-c1cc(F)c(F)c(F)c1. The number of halogens is 3. The maximum Gasteiger partial charge on any atom is 0.194 e. The number of hydrogen-bond donors (Lipinski definition) is 1. The molecule has 1 aliphatic carbocycles. The molecule has 0 amide bonds. The van der Waals surface area contributed by atoms with E-state index in [4.69, 9.17) is 0 Å². The smallest absolute Gasteiger partial charge is 0.194 e. The number of aliphatic hydroxyl groups is 1. The molecule has 100 valence electrons. The first kappa shape index (κ1) is 12.3. The van der Waals surface area contributed by atoms with Gasteiger partial charge in [-0.1, -0.05) is 0 Å². The molecule has 1 atom stereocenters. The number of fused-ring (bicyclic) bond motifs is 1. The molecule has 2 nitrogen and oxygen atoms in total. The van der Waals surface area contributed by atoms with Crippen LogP contribution in [0.5, 0.6) is 0 Å². The molecule has 1 aliphatic rings. The molecule has 1 N–H and O–H groups in total. The number of aliphatic hydroxyl groups excluding tert-OH is 1. The lowest BCUT2D eigenvalue weighted by Crippen LogP contribution is -2.11. The first-order chi connectivity index (χ1) is 9.08.